The van der Waals surface area contributed by atoms with Crippen LogP contribution in [0.1, 0.15) is 27.7 Å². The molecular formula is C16H23ClN2O3. The van der Waals surface area contributed by atoms with E-state index in [2.05, 4.69) is 5.32 Å². The van der Waals surface area contributed by atoms with Gasteiger partial charge in [-0.2, -0.15) is 0 Å². The maximum atomic E-state index is 12.1. The smallest absolute Gasteiger partial charge is 0.260 e. The molecule has 0 saturated carbocycles. The lowest BCUT2D eigenvalue weighted by Crippen LogP contribution is -2.48. The number of carbonyl (C=O) groups excluding carboxylic acids is 2. The highest BCUT2D eigenvalue weighted by atomic mass is 35.5. The zero-order valence-corrected chi connectivity index (χ0v) is 14.2. The first-order chi connectivity index (χ1) is 10.2. The van der Waals surface area contributed by atoms with E-state index in [9.17, 15) is 9.59 Å². The Bertz CT molecular complexity index is 509. The van der Waals surface area contributed by atoms with Crippen molar-refractivity contribution in [1.29, 1.82) is 0 Å². The molecule has 0 unspecified atom stereocenters. The molecule has 0 heterocycles. The first-order valence-corrected chi connectivity index (χ1v) is 7.56. The molecule has 0 fully saturated rings. The van der Waals surface area contributed by atoms with Crippen molar-refractivity contribution < 1.29 is 14.3 Å². The number of benzene rings is 1. The van der Waals surface area contributed by atoms with E-state index >= 15 is 0 Å². The first-order valence-electron chi connectivity index (χ1n) is 7.18. The van der Waals surface area contributed by atoms with Crippen molar-refractivity contribution in [1.82, 2.24) is 10.2 Å². The van der Waals surface area contributed by atoms with E-state index in [1.54, 1.807) is 24.3 Å². The number of hydrogen-bond donors (Lipinski definition) is 1. The van der Waals surface area contributed by atoms with Crippen LogP contribution >= 0.6 is 11.6 Å². The van der Waals surface area contributed by atoms with Crippen LogP contribution in [0.4, 0.5) is 0 Å². The third-order valence-corrected chi connectivity index (χ3v) is 3.01. The molecule has 0 aliphatic rings. The number of amides is 2. The Morgan fingerprint density at radius 1 is 1.23 bits per heavy atom. The SMILES string of the molecule is CCN(CC(=O)NC(C)(C)C)C(=O)COc1ccc(Cl)cc1. The van der Waals surface area contributed by atoms with Crippen molar-refractivity contribution in [3.8, 4) is 5.75 Å². The summed E-state index contributed by atoms with van der Waals surface area (Å²) < 4.78 is 5.41. The molecule has 0 radical (unpaired) electrons. The highest BCUT2D eigenvalue weighted by Gasteiger charge is 2.19. The molecule has 0 spiro atoms. The molecule has 0 saturated heterocycles. The Labute approximate surface area is 136 Å². The number of rotatable bonds is 6. The maximum Gasteiger partial charge on any atom is 0.260 e. The van der Waals surface area contributed by atoms with Crippen molar-refractivity contribution in [3.63, 3.8) is 0 Å². The fraction of sp³-hybridized carbons (Fsp3) is 0.500. The van der Waals surface area contributed by atoms with E-state index in [1.165, 1.54) is 4.90 Å². The number of hydrogen-bond acceptors (Lipinski definition) is 3. The van der Waals surface area contributed by atoms with E-state index in [0.29, 0.717) is 17.3 Å². The van der Waals surface area contributed by atoms with Gasteiger partial charge in [0.25, 0.3) is 5.91 Å². The molecule has 1 rings (SSSR count). The predicted molar refractivity (Wildman–Crippen MR) is 87.1 cm³/mol. The van der Waals surface area contributed by atoms with Crippen LogP contribution in [0.15, 0.2) is 24.3 Å². The summed E-state index contributed by atoms with van der Waals surface area (Å²) in [5.74, 6) is 0.142. The molecule has 0 bridgehead atoms. The summed E-state index contributed by atoms with van der Waals surface area (Å²) in [5, 5.41) is 3.43. The topological polar surface area (TPSA) is 58.6 Å². The molecule has 1 aromatic rings. The van der Waals surface area contributed by atoms with E-state index in [-0.39, 0.29) is 30.5 Å². The molecule has 1 aromatic carbocycles. The molecule has 6 heteroatoms. The fourth-order valence-corrected chi connectivity index (χ4v) is 1.90. The number of ether oxygens (including phenoxy) is 1. The van der Waals surface area contributed by atoms with Crippen LogP contribution in [0.3, 0.4) is 0 Å². The monoisotopic (exact) mass is 326 g/mol. The van der Waals surface area contributed by atoms with E-state index in [1.807, 2.05) is 27.7 Å². The van der Waals surface area contributed by atoms with Crippen LogP contribution in [0, 0.1) is 0 Å². The van der Waals surface area contributed by atoms with Gasteiger partial charge in [-0.15, -0.1) is 0 Å². The van der Waals surface area contributed by atoms with Crippen molar-refractivity contribution >= 4 is 23.4 Å². The van der Waals surface area contributed by atoms with Gasteiger partial charge in [-0.05, 0) is 52.0 Å². The lowest BCUT2D eigenvalue weighted by atomic mass is 10.1. The average molecular weight is 327 g/mol. The van der Waals surface area contributed by atoms with Crippen molar-refractivity contribution in [2.24, 2.45) is 0 Å². The number of nitrogens with zero attached hydrogens (tertiary/aromatic N) is 1. The lowest BCUT2D eigenvalue weighted by Gasteiger charge is -2.25. The number of likely N-dealkylation sites (N-methyl/N-ethyl adjacent to an activating group) is 1. The molecule has 0 aliphatic carbocycles. The van der Waals surface area contributed by atoms with Crippen LogP contribution in [-0.4, -0.2) is 41.9 Å². The van der Waals surface area contributed by atoms with Gasteiger partial charge in [0.15, 0.2) is 6.61 Å². The largest absolute Gasteiger partial charge is 0.484 e. The minimum Gasteiger partial charge on any atom is -0.484 e. The number of carbonyl (C=O) groups is 2. The molecular weight excluding hydrogens is 304 g/mol. The highest BCUT2D eigenvalue weighted by Crippen LogP contribution is 2.15. The second-order valence-corrected chi connectivity index (χ2v) is 6.39. The molecule has 2 amide bonds. The summed E-state index contributed by atoms with van der Waals surface area (Å²) in [5.41, 5.74) is -0.320. The summed E-state index contributed by atoms with van der Waals surface area (Å²) in [4.78, 5) is 25.4. The zero-order valence-electron chi connectivity index (χ0n) is 13.5. The molecule has 22 heavy (non-hydrogen) atoms. The Morgan fingerprint density at radius 2 is 1.82 bits per heavy atom. The zero-order chi connectivity index (χ0) is 16.8. The van der Waals surface area contributed by atoms with E-state index < -0.39 is 0 Å². The third kappa shape index (κ3) is 6.80. The molecule has 122 valence electrons. The van der Waals surface area contributed by atoms with Gasteiger partial charge in [0.1, 0.15) is 5.75 Å². The minimum absolute atomic E-state index is 0.0244. The number of nitrogens with one attached hydrogen (secondary N) is 1. The van der Waals surface area contributed by atoms with Crippen molar-refractivity contribution in [3.05, 3.63) is 29.3 Å². The Hall–Kier alpha value is -1.75. The third-order valence-electron chi connectivity index (χ3n) is 2.76. The van der Waals surface area contributed by atoms with Gasteiger partial charge >= 0.3 is 0 Å². The minimum atomic E-state index is -0.320. The van der Waals surface area contributed by atoms with Gasteiger partial charge < -0.3 is 15.0 Å². The van der Waals surface area contributed by atoms with Crippen LogP contribution in [0.2, 0.25) is 5.02 Å². The van der Waals surface area contributed by atoms with E-state index in [4.69, 9.17) is 16.3 Å². The summed E-state index contributed by atoms with van der Waals surface area (Å²) in [6.45, 7) is 7.87. The molecule has 5 nitrogen and oxygen atoms in total. The van der Waals surface area contributed by atoms with E-state index in [0.717, 1.165) is 0 Å². The molecule has 1 N–H and O–H groups in total. The lowest BCUT2D eigenvalue weighted by molar-refractivity contribution is -0.137. The summed E-state index contributed by atoms with van der Waals surface area (Å²) in [6, 6.07) is 6.77. The van der Waals surface area contributed by atoms with Crippen molar-refractivity contribution in [2.75, 3.05) is 19.7 Å². The fourth-order valence-electron chi connectivity index (χ4n) is 1.77. The van der Waals surface area contributed by atoms with Crippen LogP contribution < -0.4 is 10.1 Å². The van der Waals surface area contributed by atoms with Gasteiger partial charge in [0.2, 0.25) is 5.91 Å². The van der Waals surface area contributed by atoms with Crippen LogP contribution in [0.5, 0.6) is 5.75 Å². The quantitative estimate of drug-likeness (QED) is 0.873. The van der Waals surface area contributed by atoms with Crippen LogP contribution in [-0.2, 0) is 9.59 Å². The van der Waals surface area contributed by atoms with Crippen LogP contribution in [0.25, 0.3) is 0 Å². The standard InChI is InChI=1S/C16H23ClN2O3/c1-5-19(10-14(20)18-16(2,3)4)15(21)11-22-13-8-6-12(17)7-9-13/h6-9H,5,10-11H2,1-4H3,(H,18,20). The average Bonchev–Trinajstić information content (AvgIpc) is 2.42. The normalized spacial score (nSPS) is 11.0. The summed E-state index contributed by atoms with van der Waals surface area (Å²) in [7, 11) is 0. The second kappa shape index (κ2) is 8.03. The van der Waals surface area contributed by atoms with Gasteiger partial charge in [-0.25, -0.2) is 0 Å². The Kier molecular flexibility index (Phi) is 6.68. The predicted octanol–water partition coefficient (Wildman–Crippen LogP) is 2.48. The first kappa shape index (κ1) is 18.3. The highest BCUT2D eigenvalue weighted by molar-refractivity contribution is 6.30. The second-order valence-electron chi connectivity index (χ2n) is 5.95. The molecule has 0 aromatic heterocycles. The van der Waals surface area contributed by atoms with Gasteiger partial charge in [0, 0.05) is 17.1 Å². The van der Waals surface area contributed by atoms with Gasteiger partial charge in [0.05, 0.1) is 6.54 Å². The Morgan fingerprint density at radius 3 is 2.32 bits per heavy atom. The van der Waals surface area contributed by atoms with Gasteiger partial charge in [-0.3, -0.25) is 9.59 Å². The Balaban J connectivity index is 2.50. The summed E-state index contributed by atoms with van der Waals surface area (Å²) in [6.07, 6.45) is 0. The number of halogens is 1. The summed E-state index contributed by atoms with van der Waals surface area (Å²) >= 11 is 5.78. The van der Waals surface area contributed by atoms with Crippen molar-refractivity contribution in [2.45, 2.75) is 33.2 Å². The van der Waals surface area contributed by atoms with Gasteiger partial charge in [-0.1, -0.05) is 11.6 Å². The maximum absolute atomic E-state index is 12.1. The molecule has 0 atom stereocenters. The molecule has 0 aliphatic heterocycles.